The molecule has 0 aliphatic heterocycles. The summed E-state index contributed by atoms with van der Waals surface area (Å²) < 4.78 is 7.18. The van der Waals surface area contributed by atoms with Gasteiger partial charge in [0.05, 0.1) is 15.6 Å². The number of nitrogens with one attached hydrogen (secondary N) is 1. The second-order valence-electron chi connectivity index (χ2n) is 5.97. The van der Waals surface area contributed by atoms with E-state index in [2.05, 4.69) is 47.3 Å². The molecule has 1 aromatic heterocycles. The summed E-state index contributed by atoms with van der Waals surface area (Å²) in [5.41, 5.74) is 7.32. The molecule has 0 saturated carbocycles. The molecule has 7 nitrogen and oxygen atoms in total. The number of rotatable bonds is 10. The van der Waals surface area contributed by atoms with Gasteiger partial charge >= 0.3 is 0 Å². The van der Waals surface area contributed by atoms with Gasteiger partial charge in [0.2, 0.25) is 0 Å². The zero-order valence-electron chi connectivity index (χ0n) is 15.2. The third-order valence-corrected chi connectivity index (χ3v) is 5.01. The summed E-state index contributed by atoms with van der Waals surface area (Å²) in [6.07, 6.45) is 5.02. The van der Waals surface area contributed by atoms with E-state index >= 15 is 0 Å². The molecule has 1 heterocycles. The number of aromatic nitrogens is 1. The number of amides is 1. The second-order valence-corrected chi connectivity index (χ2v) is 7.68. The van der Waals surface area contributed by atoms with E-state index in [1.807, 2.05) is 24.3 Å². The van der Waals surface area contributed by atoms with Gasteiger partial charge in [-0.15, -0.1) is 0 Å². The first-order valence-electron chi connectivity index (χ1n) is 8.74. The lowest BCUT2D eigenvalue weighted by molar-refractivity contribution is -0.115. The van der Waals surface area contributed by atoms with E-state index in [-0.39, 0.29) is 12.1 Å². The van der Waals surface area contributed by atoms with Gasteiger partial charge in [0.25, 0.3) is 5.91 Å². The number of hydrogen-bond acceptors (Lipinski definition) is 6. The highest BCUT2D eigenvalue weighted by molar-refractivity contribution is 9.11. The Kier molecular flexibility index (Phi) is 9.39. The number of pyridine rings is 1. The van der Waals surface area contributed by atoms with Gasteiger partial charge in [-0.2, -0.15) is 0 Å². The van der Waals surface area contributed by atoms with Crippen LogP contribution in [-0.2, 0) is 17.6 Å². The van der Waals surface area contributed by atoms with Gasteiger partial charge in [-0.1, -0.05) is 11.2 Å². The van der Waals surface area contributed by atoms with Crippen molar-refractivity contribution >= 4 is 43.5 Å². The predicted octanol–water partition coefficient (Wildman–Crippen LogP) is 3.07. The fourth-order valence-corrected chi connectivity index (χ4v) is 3.94. The molecule has 0 aliphatic carbocycles. The zero-order chi connectivity index (χ0) is 20.4. The first-order chi connectivity index (χ1) is 13.5. The predicted molar refractivity (Wildman–Crippen MR) is 115 cm³/mol. The topological polar surface area (TPSA) is 110 Å². The van der Waals surface area contributed by atoms with E-state index in [1.54, 1.807) is 12.4 Å². The SMILES string of the molecule is NCCCOc1c(Br)cc(CC(=NO)C(=O)NCCc2cccnc2)cc1Br. The van der Waals surface area contributed by atoms with Crippen molar-refractivity contribution in [2.75, 3.05) is 19.7 Å². The van der Waals surface area contributed by atoms with Crippen molar-refractivity contribution in [3.8, 4) is 5.75 Å². The van der Waals surface area contributed by atoms with Crippen molar-refractivity contribution in [2.24, 2.45) is 10.9 Å². The molecule has 0 atom stereocenters. The van der Waals surface area contributed by atoms with Crippen molar-refractivity contribution < 1.29 is 14.7 Å². The van der Waals surface area contributed by atoms with E-state index in [0.29, 0.717) is 31.9 Å². The maximum Gasteiger partial charge on any atom is 0.269 e. The number of nitrogens with zero attached hydrogens (tertiary/aromatic N) is 2. The molecular weight excluding hydrogens is 492 g/mol. The Balaban J connectivity index is 1.95. The minimum absolute atomic E-state index is 0.0294. The molecule has 0 unspecified atom stereocenters. The molecule has 0 aliphatic rings. The molecule has 0 saturated heterocycles. The average Bonchev–Trinajstić information content (AvgIpc) is 2.69. The van der Waals surface area contributed by atoms with E-state index in [0.717, 1.165) is 26.5 Å². The van der Waals surface area contributed by atoms with Crippen LogP contribution in [-0.4, -0.2) is 41.5 Å². The van der Waals surface area contributed by atoms with Crippen molar-refractivity contribution in [1.29, 1.82) is 0 Å². The van der Waals surface area contributed by atoms with Crippen LogP contribution in [0, 0.1) is 0 Å². The zero-order valence-corrected chi connectivity index (χ0v) is 18.4. The molecule has 0 radical (unpaired) electrons. The van der Waals surface area contributed by atoms with Gasteiger partial charge in [0.1, 0.15) is 11.5 Å². The van der Waals surface area contributed by atoms with Crippen LogP contribution in [0.4, 0.5) is 0 Å². The van der Waals surface area contributed by atoms with Crippen LogP contribution in [0.25, 0.3) is 0 Å². The van der Waals surface area contributed by atoms with Crippen LogP contribution in [0.5, 0.6) is 5.75 Å². The van der Waals surface area contributed by atoms with Crippen LogP contribution in [0.1, 0.15) is 17.5 Å². The van der Waals surface area contributed by atoms with Gasteiger partial charge in [0.15, 0.2) is 0 Å². The first kappa shape index (κ1) is 22.3. The number of halogens is 2. The summed E-state index contributed by atoms with van der Waals surface area (Å²) in [5.74, 6) is 0.252. The Hall–Kier alpha value is -1.97. The van der Waals surface area contributed by atoms with Crippen LogP contribution in [0.15, 0.2) is 50.8 Å². The fraction of sp³-hybridized carbons (Fsp3) is 0.316. The highest BCUT2D eigenvalue weighted by Gasteiger charge is 2.16. The molecule has 0 bridgehead atoms. The van der Waals surface area contributed by atoms with Crippen LogP contribution < -0.4 is 15.8 Å². The maximum atomic E-state index is 12.3. The minimum Gasteiger partial charge on any atom is -0.491 e. The third kappa shape index (κ3) is 6.88. The Morgan fingerprint density at radius 2 is 2.04 bits per heavy atom. The van der Waals surface area contributed by atoms with Crippen molar-refractivity contribution in [1.82, 2.24) is 10.3 Å². The number of nitrogens with two attached hydrogens (primary N) is 1. The second kappa shape index (κ2) is 11.8. The highest BCUT2D eigenvalue weighted by Crippen LogP contribution is 2.35. The number of oxime groups is 1. The van der Waals surface area contributed by atoms with E-state index in [1.165, 1.54) is 0 Å². The Morgan fingerprint density at radius 3 is 2.64 bits per heavy atom. The lowest BCUT2D eigenvalue weighted by Crippen LogP contribution is -2.33. The molecule has 150 valence electrons. The van der Waals surface area contributed by atoms with Crippen LogP contribution >= 0.6 is 31.9 Å². The van der Waals surface area contributed by atoms with Crippen molar-refractivity contribution in [3.63, 3.8) is 0 Å². The molecule has 2 rings (SSSR count). The molecule has 1 amide bonds. The molecule has 2 aromatic rings. The van der Waals surface area contributed by atoms with Gasteiger partial charge in [-0.05, 0) is 80.6 Å². The summed E-state index contributed by atoms with van der Waals surface area (Å²) in [6.45, 7) is 1.49. The number of ether oxygens (including phenoxy) is 1. The summed E-state index contributed by atoms with van der Waals surface area (Å²) >= 11 is 6.94. The maximum absolute atomic E-state index is 12.3. The van der Waals surface area contributed by atoms with Crippen molar-refractivity contribution in [3.05, 3.63) is 56.7 Å². The molecule has 0 fully saturated rings. The Bertz CT molecular complexity index is 793. The summed E-state index contributed by atoms with van der Waals surface area (Å²) in [7, 11) is 0. The molecule has 9 heteroatoms. The van der Waals surface area contributed by atoms with Gasteiger partial charge in [-0.25, -0.2) is 0 Å². The molecular formula is C19H22Br2N4O3. The van der Waals surface area contributed by atoms with Gasteiger partial charge in [0, 0.05) is 25.4 Å². The molecule has 4 N–H and O–H groups in total. The highest BCUT2D eigenvalue weighted by atomic mass is 79.9. The normalized spacial score (nSPS) is 11.3. The number of carbonyl (C=O) groups is 1. The molecule has 28 heavy (non-hydrogen) atoms. The third-order valence-electron chi connectivity index (χ3n) is 3.83. The van der Waals surface area contributed by atoms with Gasteiger partial charge in [-0.3, -0.25) is 9.78 Å². The van der Waals surface area contributed by atoms with Crippen LogP contribution in [0.3, 0.4) is 0 Å². The lowest BCUT2D eigenvalue weighted by atomic mass is 10.1. The summed E-state index contributed by atoms with van der Waals surface area (Å²) in [5, 5.41) is 15.2. The Morgan fingerprint density at radius 1 is 1.29 bits per heavy atom. The average molecular weight is 514 g/mol. The molecule has 0 spiro atoms. The van der Waals surface area contributed by atoms with E-state index in [4.69, 9.17) is 10.5 Å². The summed E-state index contributed by atoms with van der Waals surface area (Å²) in [6, 6.07) is 7.44. The molecule has 1 aromatic carbocycles. The monoisotopic (exact) mass is 512 g/mol. The van der Waals surface area contributed by atoms with Gasteiger partial charge < -0.3 is 21.0 Å². The van der Waals surface area contributed by atoms with E-state index in [9.17, 15) is 10.0 Å². The number of hydrogen-bond donors (Lipinski definition) is 3. The Labute approximate surface area is 180 Å². The standard InChI is InChI=1S/C19H22Br2N4O3/c20-15-9-14(10-16(21)18(15)28-8-2-5-22)11-17(25-27)19(26)24-7-4-13-3-1-6-23-12-13/h1,3,6,9-10,12,27H,2,4-5,7-8,11,22H2,(H,24,26). The number of benzene rings is 1. The van der Waals surface area contributed by atoms with Crippen molar-refractivity contribution in [2.45, 2.75) is 19.3 Å². The quantitative estimate of drug-likeness (QED) is 0.196. The van der Waals surface area contributed by atoms with E-state index < -0.39 is 5.91 Å². The summed E-state index contributed by atoms with van der Waals surface area (Å²) in [4.78, 5) is 16.3. The lowest BCUT2D eigenvalue weighted by Gasteiger charge is -2.12. The number of carbonyl (C=O) groups excluding carboxylic acids is 1. The van der Waals surface area contributed by atoms with Crippen LogP contribution in [0.2, 0.25) is 0 Å². The largest absolute Gasteiger partial charge is 0.491 e. The minimum atomic E-state index is -0.415. The smallest absolute Gasteiger partial charge is 0.269 e. The fourth-order valence-electron chi connectivity index (χ4n) is 2.43. The first-order valence-corrected chi connectivity index (χ1v) is 10.3.